The number of amides is 2. The lowest BCUT2D eigenvalue weighted by atomic mass is 9.98. The SMILES string of the molecule is CCC(CNC(=O)OCC1c2ccccc2-c2ccccc21)C(=O)N[C@@H](C)CC(=O)O. The van der Waals surface area contributed by atoms with Crippen LogP contribution < -0.4 is 10.6 Å². The third kappa shape index (κ3) is 5.42. The van der Waals surface area contributed by atoms with Gasteiger partial charge in [0.15, 0.2) is 0 Å². The van der Waals surface area contributed by atoms with Crippen molar-refractivity contribution >= 4 is 18.0 Å². The van der Waals surface area contributed by atoms with E-state index >= 15 is 0 Å². The predicted molar refractivity (Wildman–Crippen MR) is 117 cm³/mol. The summed E-state index contributed by atoms with van der Waals surface area (Å²) in [7, 11) is 0. The average Bonchev–Trinajstić information content (AvgIpc) is 3.06. The minimum Gasteiger partial charge on any atom is -0.481 e. The van der Waals surface area contributed by atoms with Crippen LogP contribution in [-0.2, 0) is 14.3 Å². The Morgan fingerprint density at radius 1 is 1.03 bits per heavy atom. The molecule has 1 unspecified atom stereocenters. The predicted octanol–water partition coefficient (Wildman–Crippen LogP) is 3.53. The molecule has 0 radical (unpaired) electrons. The topological polar surface area (TPSA) is 105 Å². The first-order chi connectivity index (χ1) is 14.9. The lowest BCUT2D eigenvalue weighted by Gasteiger charge is -2.19. The van der Waals surface area contributed by atoms with Crippen LogP contribution in [0.5, 0.6) is 0 Å². The number of carboxylic acids is 1. The smallest absolute Gasteiger partial charge is 0.407 e. The van der Waals surface area contributed by atoms with Crippen LogP contribution in [-0.4, -0.2) is 42.3 Å². The summed E-state index contributed by atoms with van der Waals surface area (Å²) < 4.78 is 5.49. The number of aliphatic carboxylic acids is 1. The van der Waals surface area contributed by atoms with Gasteiger partial charge in [-0.15, -0.1) is 0 Å². The van der Waals surface area contributed by atoms with Crippen molar-refractivity contribution in [2.75, 3.05) is 13.2 Å². The van der Waals surface area contributed by atoms with Crippen LogP contribution in [0, 0.1) is 5.92 Å². The third-order valence-electron chi connectivity index (χ3n) is 5.57. The van der Waals surface area contributed by atoms with E-state index in [4.69, 9.17) is 9.84 Å². The third-order valence-corrected chi connectivity index (χ3v) is 5.57. The molecular weight excluding hydrogens is 396 g/mol. The zero-order chi connectivity index (χ0) is 22.4. The van der Waals surface area contributed by atoms with Gasteiger partial charge in [-0.2, -0.15) is 0 Å². The van der Waals surface area contributed by atoms with Crippen LogP contribution in [0.15, 0.2) is 48.5 Å². The van der Waals surface area contributed by atoms with Gasteiger partial charge in [0.1, 0.15) is 6.61 Å². The van der Waals surface area contributed by atoms with Crippen LogP contribution >= 0.6 is 0 Å². The van der Waals surface area contributed by atoms with Crippen molar-refractivity contribution in [1.29, 1.82) is 0 Å². The number of hydrogen-bond acceptors (Lipinski definition) is 4. The van der Waals surface area contributed by atoms with Gasteiger partial charge in [-0.1, -0.05) is 55.5 Å². The summed E-state index contributed by atoms with van der Waals surface area (Å²) in [4.78, 5) is 35.4. The molecule has 3 N–H and O–H groups in total. The van der Waals surface area contributed by atoms with E-state index in [1.165, 1.54) is 0 Å². The van der Waals surface area contributed by atoms with Gasteiger partial charge in [-0.3, -0.25) is 9.59 Å². The Kier molecular flexibility index (Phi) is 7.28. The fourth-order valence-corrected chi connectivity index (χ4v) is 3.95. The molecule has 0 fully saturated rings. The summed E-state index contributed by atoms with van der Waals surface area (Å²) in [5.41, 5.74) is 4.58. The molecule has 7 nitrogen and oxygen atoms in total. The van der Waals surface area contributed by atoms with E-state index in [9.17, 15) is 14.4 Å². The van der Waals surface area contributed by atoms with E-state index in [0.717, 1.165) is 22.3 Å². The standard InChI is InChI=1S/C24H28N2O5/c1-3-16(23(29)26-15(2)12-22(27)28)13-25-24(30)31-14-21-19-10-6-4-8-17(19)18-9-5-7-11-20(18)21/h4-11,15-16,21H,3,12-14H2,1-2H3,(H,25,30)(H,26,29)(H,27,28)/t15-,16?/m0/s1. The van der Waals surface area contributed by atoms with Gasteiger partial charge >= 0.3 is 12.1 Å². The van der Waals surface area contributed by atoms with Crippen molar-refractivity contribution in [3.8, 4) is 11.1 Å². The molecule has 1 aliphatic rings. The first kappa shape index (κ1) is 22.3. The molecular formula is C24H28N2O5. The zero-order valence-corrected chi connectivity index (χ0v) is 17.8. The van der Waals surface area contributed by atoms with Crippen LogP contribution in [0.4, 0.5) is 4.79 Å². The van der Waals surface area contributed by atoms with Crippen LogP contribution in [0.25, 0.3) is 11.1 Å². The Hall–Kier alpha value is -3.35. The Bertz CT molecular complexity index is 913. The summed E-state index contributed by atoms with van der Waals surface area (Å²) in [6.45, 7) is 3.81. The Morgan fingerprint density at radius 3 is 2.16 bits per heavy atom. The van der Waals surface area contributed by atoms with E-state index in [0.29, 0.717) is 6.42 Å². The minimum atomic E-state index is -0.974. The molecule has 0 heterocycles. The summed E-state index contributed by atoms with van der Waals surface area (Å²) >= 11 is 0. The highest BCUT2D eigenvalue weighted by Gasteiger charge is 2.29. The van der Waals surface area contributed by atoms with Gasteiger partial charge < -0.3 is 20.5 Å². The van der Waals surface area contributed by atoms with E-state index in [1.54, 1.807) is 6.92 Å². The van der Waals surface area contributed by atoms with Gasteiger partial charge in [-0.05, 0) is 35.6 Å². The monoisotopic (exact) mass is 424 g/mol. The normalized spacial score (nSPS) is 14.1. The Morgan fingerprint density at radius 2 is 1.61 bits per heavy atom. The maximum absolute atomic E-state index is 12.3. The second kappa shape index (κ2) is 10.1. The van der Waals surface area contributed by atoms with E-state index < -0.39 is 24.0 Å². The van der Waals surface area contributed by atoms with Crippen molar-refractivity contribution in [3.63, 3.8) is 0 Å². The first-order valence-electron chi connectivity index (χ1n) is 10.5. The average molecular weight is 424 g/mol. The van der Waals surface area contributed by atoms with Crippen molar-refractivity contribution < 1.29 is 24.2 Å². The molecule has 7 heteroatoms. The maximum Gasteiger partial charge on any atom is 0.407 e. The van der Waals surface area contributed by atoms with Crippen molar-refractivity contribution in [2.24, 2.45) is 5.92 Å². The number of hydrogen-bond donors (Lipinski definition) is 3. The van der Waals surface area contributed by atoms with Crippen LogP contribution in [0.1, 0.15) is 43.7 Å². The summed E-state index contributed by atoms with van der Waals surface area (Å²) in [5.74, 6) is -1.75. The van der Waals surface area contributed by atoms with E-state index in [1.807, 2.05) is 31.2 Å². The zero-order valence-electron chi connectivity index (χ0n) is 17.8. The van der Waals surface area contributed by atoms with Crippen LogP contribution in [0.3, 0.4) is 0 Å². The number of carbonyl (C=O) groups excluding carboxylic acids is 2. The molecule has 0 spiro atoms. The number of ether oxygens (including phenoxy) is 1. The van der Waals surface area contributed by atoms with Crippen molar-refractivity contribution in [3.05, 3.63) is 59.7 Å². The number of fused-ring (bicyclic) bond motifs is 3. The second-order valence-corrected chi connectivity index (χ2v) is 7.82. The molecule has 31 heavy (non-hydrogen) atoms. The van der Waals surface area contributed by atoms with Crippen molar-refractivity contribution in [2.45, 2.75) is 38.6 Å². The molecule has 2 aromatic carbocycles. The molecule has 164 valence electrons. The molecule has 2 atom stereocenters. The minimum absolute atomic E-state index is 0.0275. The lowest BCUT2D eigenvalue weighted by Crippen LogP contribution is -2.42. The number of nitrogens with one attached hydrogen (secondary N) is 2. The molecule has 0 bridgehead atoms. The molecule has 0 aliphatic heterocycles. The van der Waals surface area contributed by atoms with Crippen LogP contribution in [0.2, 0.25) is 0 Å². The molecule has 0 aromatic heterocycles. The molecule has 3 rings (SSSR count). The summed E-state index contributed by atoms with van der Waals surface area (Å²) in [6.07, 6.45) is -0.219. The van der Waals surface area contributed by atoms with Gasteiger partial charge in [0.05, 0.1) is 12.3 Å². The Labute approximate surface area is 181 Å². The second-order valence-electron chi connectivity index (χ2n) is 7.82. The largest absolute Gasteiger partial charge is 0.481 e. The molecule has 2 aromatic rings. The van der Waals surface area contributed by atoms with E-state index in [2.05, 4.69) is 34.9 Å². The fraction of sp³-hybridized carbons (Fsp3) is 0.375. The van der Waals surface area contributed by atoms with E-state index in [-0.39, 0.29) is 31.4 Å². The lowest BCUT2D eigenvalue weighted by molar-refractivity contribution is -0.137. The number of rotatable bonds is 9. The van der Waals surface area contributed by atoms with Gasteiger partial charge in [0.25, 0.3) is 0 Å². The number of alkyl carbamates (subject to hydrolysis) is 1. The number of benzene rings is 2. The maximum atomic E-state index is 12.3. The Balaban J connectivity index is 1.53. The quantitative estimate of drug-likeness (QED) is 0.571. The summed E-state index contributed by atoms with van der Waals surface area (Å²) in [5, 5.41) is 14.2. The fourth-order valence-electron chi connectivity index (χ4n) is 3.95. The number of carboxylic acid groups (broad SMARTS) is 1. The van der Waals surface area contributed by atoms with Gasteiger partial charge in [0.2, 0.25) is 5.91 Å². The highest BCUT2D eigenvalue weighted by Crippen LogP contribution is 2.44. The highest BCUT2D eigenvalue weighted by atomic mass is 16.5. The van der Waals surface area contributed by atoms with Gasteiger partial charge in [0, 0.05) is 18.5 Å². The molecule has 1 aliphatic carbocycles. The van der Waals surface area contributed by atoms with Gasteiger partial charge in [-0.25, -0.2) is 4.79 Å². The molecule has 2 amide bonds. The van der Waals surface area contributed by atoms with Crippen molar-refractivity contribution in [1.82, 2.24) is 10.6 Å². The summed E-state index contributed by atoms with van der Waals surface area (Å²) in [6, 6.07) is 15.7. The number of carbonyl (C=O) groups is 3. The first-order valence-corrected chi connectivity index (χ1v) is 10.5. The molecule has 0 saturated carbocycles. The molecule has 0 saturated heterocycles. The highest BCUT2D eigenvalue weighted by molar-refractivity contribution is 5.81.